The fourth-order valence-corrected chi connectivity index (χ4v) is 3.40. The number of nitrogens with zero attached hydrogens (tertiary/aromatic N) is 3. The van der Waals surface area contributed by atoms with Gasteiger partial charge < -0.3 is 19.4 Å². The Kier molecular flexibility index (Phi) is 5.70. The van der Waals surface area contributed by atoms with Crippen molar-refractivity contribution in [3.63, 3.8) is 0 Å². The third kappa shape index (κ3) is 4.30. The zero-order chi connectivity index (χ0) is 21.1. The van der Waals surface area contributed by atoms with Crippen molar-refractivity contribution < 1.29 is 14.3 Å². The van der Waals surface area contributed by atoms with Gasteiger partial charge in [-0.1, -0.05) is 13.8 Å². The minimum atomic E-state index is -0.140. The van der Waals surface area contributed by atoms with Crippen LogP contribution in [0.2, 0.25) is 0 Å². The molecule has 1 atom stereocenters. The van der Waals surface area contributed by atoms with Gasteiger partial charge in [0.25, 0.3) is 5.91 Å². The molecule has 7 heteroatoms. The maximum absolute atomic E-state index is 12.4. The van der Waals surface area contributed by atoms with E-state index in [2.05, 4.69) is 10.3 Å². The molecular weight excluding hydrogens is 380 g/mol. The van der Waals surface area contributed by atoms with Crippen LogP contribution in [0.25, 0.3) is 5.65 Å². The Morgan fingerprint density at radius 3 is 2.70 bits per heavy atom. The fourth-order valence-electron chi connectivity index (χ4n) is 3.40. The molecule has 0 bridgehead atoms. The molecule has 3 aromatic rings. The van der Waals surface area contributed by atoms with E-state index >= 15 is 0 Å². The van der Waals surface area contributed by atoms with Gasteiger partial charge in [0.2, 0.25) is 5.91 Å². The van der Waals surface area contributed by atoms with Crippen molar-refractivity contribution >= 4 is 17.5 Å². The van der Waals surface area contributed by atoms with Gasteiger partial charge in [-0.05, 0) is 48.4 Å². The van der Waals surface area contributed by atoms with Gasteiger partial charge in [-0.15, -0.1) is 0 Å². The Morgan fingerprint density at radius 2 is 1.97 bits per heavy atom. The van der Waals surface area contributed by atoms with Crippen LogP contribution in [0.4, 0.5) is 0 Å². The van der Waals surface area contributed by atoms with Gasteiger partial charge >= 0.3 is 0 Å². The van der Waals surface area contributed by atoms with Crippen LogP contribution in [0, 0.1) is 5.92 Å². The molecule has 2 aromatic heterocycles. The van der Waals surface area contributed by atoms with E-state index in [4.69, 9.17) is 4.74 Å². The largest absolute Gasteiger partial charge is 0.487 e. The lowest BCUT2D eigenvalue weighted by molar-refractivity contribution is -0.144. The number of nitrogens with one attached hydrogen (secondary N) is 1. The minimum Gasteiger partial charge on any atom is -0.487 e. The molecule has 156 valence electrons. The summed E-state index contributed by atoms with van der Waals surface area (Å²) in [5.74, 6) is 0.817. The normalized spacial score (nSPS) is 14.9. The first-order chi connectivity index (χ1) is 14.5. The number of fused-ring (bicyclic) bond motifs is 1. The molecule has 3 heterocycles. The van der Waals surface area contributed by atoms with Crippen LogP contribution in [0.3, 0.4) is 0 Å². The van der Waals surface area contributed by atoms with Crippen LogP contribution in [-0.4, -0.2) is 45.3 Å². The first kappa shape index (κ1) is 19.9. The van der Waals surface area contributed by atoms with Crippen molar-refractivity contribution in [2.45, 2.75) is 32.9 Å². The zero-order valence-electron chi connectivity index (χ0n) is 17.2. The Bertz CT molecular complexity index is 1040. The molecular formula is C23H26N4O3. The SMILES string of the molecule is CC[C@H](C)C(=O)N1CC(Oc2ccc(C(=O)NCc3ccn4ccnc4c3)cc2)C1. The molecule has 0 spiro atoms. The summed E-state index contributed by atoms with van der Waals surface area (Å²) in [6, 6.07) is 11.0. The number of imidazole rings is 1. The van der Waals surface area contributed by atoms with E-state index in [0.29, 0.717) is 30.9 Å². The summed E-state index contributed by atoms with van der Waals surface area (Å²) >= 11 is 0. The first-order valence-corrected chi connectivity index (χ1v) is 10.3. The Labute approximate surface area is 175 Å². The molecule has 30 heavy (non-hydrogen) atoms. The molecule has 4 rings (SSSR count). The van der Waals surface area contributed by atoms with Crippen molar-refractivity contribution in [1.82, 2.24) is 19.6 Å². The molecule has 2 amide bonds. The molecule has 0 aliphatic carbocycles. The average Bonchev–Trinajstić information content (AvgIpc) is 3.21. The number of rotatable bonds is 7. The fraction of sp³-hybridized carbons (Fsp3) is 0.348. The van der Waals surface area contributed by atoms with Crippen molar-refractivity contribution in [2.75, 3.05) is 13.1 Å². The van der Waals surface area contributed by atoms with Crippen molar-refractivity contribution in [3.05, 3.63) is 66.1 Å². The van der Waals surface area contributed by atoms with Crippen LogP contribution >= 0.6 is 0 Å². The van der Waals surface area contributed by atoms with E-state index < -0.39 is 0 Å². The summed E-state index contributed by atoms with van der Waals surface area (Å²) < 4.78 is 7.83. The maximum Gasteiger partial charge on any atom is 0.251 e. The molecule has 7 nitrogen and oxygen atoms in total. The molecule has 0 radical (unpaired) electrons. The van der Waals surface area contributed by atoms with Gasteiger partial charge in [-0.25, -0.2) is 4.98 Å². The molecule has 0 saturated carbocycles. The highest BCUT2D eigenvalue weighted by Gasteiger charge is 2.33. The van der Waals surface area contributed by atoms with Crippen LogP contribution in [0.5, 0.6) is 5.75 Å². The number of pyridine rings is 1. The topological polar surface area (TPSA) is 75.9 Å². The molecule has 1 fully saturated rings. The number of carbonyl (C=O) groups excluding carboxylic acids is 2. The van der Waals surface area contributed by atoms with Gasteiger partial charge in [-0.2, -0.15) is 0 Å². The highest BCUT2D eigenvalue weighted by atomic mass is 16.5. The number of amides is 2. The second-order valence-corrected chi connectivity index (χ2v) is 7.73. The number of carbonyl (C=O) groups is 2. The van der Waals surface area contributed by atoms with Gasteiger partial charge in [0.15, 0.2) is 0 Å². The number of aromatic nitrogens is 2. The lowest BCUT2D eigenvalue weighted by Gasteiger charge is -2.40. The maximum atomic E-state index is 12.4. The van der Waals surface area contributed by atoms with Crippen LogP contribution < -0.4 is 10.1 Å². The van der Waals surface area contributed by atoms with Crippen LogP contribution in [0.1, 0.15) is 36.2 Å². The van der Waals surface area contributed by atoms with E-state index in [1.807, 2.05) is 47.7 Å². The summed E-state index contributed by atoms with van der Waals surface area (Å²) in [6.45, 7) is 5.64. The van der Waals surface area contributed by atoms with Crippen molar-refractivity contribution in [1.29, 1.82) is 0 Å². The Hall–Kier alpha value is -3.35. The molecule has 1 N–H and O–H groups in total. The van der Waals surface area contributed by atoms with Crippen molar-refractivity contribution in [2.24, 2.45) is 5.92 Å². The number of hydrogen-bond acceptors (Lipinski definition) is 4. The number of ether oxygens (including phenoxy) is 1. The highest BCUT2D eigenvalue weighted by molar-refractivity contribution is 5.94. The van der Waals surface area contributed by atoms with Gasteiger partial charge in [0.1, 0.15) is 17.5 Å². The van der Waals surface area contributed by atoms with Gasteiger partial charge in [-0.3, -0.25) is 9.59 Å². The summed E-state index contributed by atoms with van der Waals surface area (Å²) in [6.07, 6.45) is 6.41. The number of benzene rings is 1. The molecule has 1 aliphatic rings. The second kappa shape index (κ2) is 8.57. The molecule has 1 saturated heterocycles. The summed E-state index contributed by atoms with van der Waals surface area (Å²) in [5.41, 5.74) is 2.42. The average molecular weight is 406 g/mol. The number of likely N-dealkylation sites (tertiary alicyclic amines) is 1. The van der Waals surface area contributed by atoms with E-state index in [1.165, 1.54) is 0 Å². The number of hydrogen-bond donors (Lipinski definition) is 1. The predicted octanol–water partition coefficient (Wildman–Crippen LogP) is 2.90. The van der Waals surface area contributed by atoms with E-state index in [0.717, 1.165) is 17.6 Å². The van der Waals surface area contributed by atoms with Crippen LogP contribution in [-0.2, 0) is 11.3 Å². The highest BCUT2D eigenvalue weighted by Crippen LogP contribution is 2.21. The molecule has 0 unspecified atom stereocenters. The van der Waals surface area contributed by atoms with Crippen molar-refractivity contribution in [3.8, 4) is 5.75 Å². The standard InChI is InChI=1S/C23H26N4O3/c1-3-16(2)23(29)27-14-20(15-27)30-19-6-4-18(5-7-19)22(28)25-13-17-8-10-26-11-9-24-21(26)12-17/h4-12,16,20H,3,13-15H2,1-2H3,(H,25,28)/t16-/m0/s1. The van der Waals surface area contributed by atoms with Gasteiger partial charge in [0.05, 0.1) is 13.1 Å². The summed E-state index contributed by atoms with van der Waals surface area (Å²) in [7, 11) is 0. The van der Waals surface area contributed by atoms with E-state index in [-0.39, 0.29) is 23.8 Å². The van der Waals surface area contributed by atoms with E-state index in [1.54, 1.807) is 30.5 Å². The predicted molar refractivity (Wildman–Crippen MR) is 113 cm³/mol. The van der Waals surface area contributed by atoms with E-state index in [9.17, 15) is 9.59 Å². The Balaban J connectivity index is 1.26. The molecule has 1 aliphatic heterocycles. The minimum absolute atomic E-state index is 0.00951. The smallest absolute Gasteiger partial charge is 0.251 e. The lowest BCUT2D eigenvalue weighted by atomic mass is 10.0. The third-order valence-corrected chi connectivity index (χ3v) is 5.53. The molecule has 1 aromatic carbocycles. The van der Waals surface area contributed by atoms with Crippen LogP contribution in [0.15, 0.2) is 55.0 Å². The zero-order valence-corrected chi connectivity index (χ0v) is 17.2. The monoisotopic (exact) mass is 406 g/mol. The summed E-state index contributed by atoms with van der Waals surface area (Å²) in [4.78, 5) is 30.6. The Morgan fingerprint density at radius 1 is 1.20 bits per heavy atom. The first-order valence-electron chi connectivity index (χ1n) is 10.3. The van der Waals surface area contributed by atoms with Gasteiger partial charge in [0, 0.05) is 36.6 Å². The summed E-state index contributed by atoms with van der Waals surface area (Å²) in [5, 5.41) is 2.93. The second-order valence-electron chi connectivity index (χ2n) is 7.73. The third-order valence-electron chi connectivity index (χ3n) is 5.53. The lowest BCUT2D eigenvalue weighted by Crippen LogP contribution is -2.57. The quantitative estimate of drug-likeness (QED) is 0.655.